The normalized spacial score (nSPS) is 20.7. The molecule has 174 valence electrons. The number of nitrogens with zero attached hydrogens (tertiary/aromatic N) is 4. The molecule has 3 aliphatic heterocycles. The number of nitrogens with one attached hydrogen (secondary N) is 2. The smallest absolute Gasteiger partial charge is 0.219 e. The lowest BCUT2D eigenvalue weighted by Gasteiger charge is -2.37. The number of benzene rings is 1. The van der Waals surface area contributed by atoms with Crippen molar-refractivity contribution in [3.8, 4) is 11.1 Å². The van der Waals surface area contributed by atoms with E-state index in [1.165, 1.54) is 5.56 Å². The molecule has 3 aliphatic rings. The zero-order chi connectivity index (χ0) is 22.9. The van der Waals surface area contributed by atoms with Crippen LogP contribution in [0, 0.1) is 5.41 Å². The molecule has 33 heavy (non-hydrogen) atoms. The maximum Gasteiger partial charge on any atom is 0.219 e. The number of amides is 1. The van der Waals surface area contributed by atoms with Crippen LogP contribution in [0.5, 0.6) is 0 Å². The molecular weight excluding hydrogens is 416 g/mol. The van der Waals surface area contributed by atoms with Crippen molar-refractivity contribution in [1.82, 2.24) is 20.0 Å². The molecule has 1 atom stereocenters. The quantitative estimate of drug-likeness (QED) is 0.555. The van der Waals surface area contributed by atoms with Gasteiger partial charge in [0.25, 0.3) is 0 Å². The van der Waals surface area contributed by atoms with Crippen LogP contribution in [0.3, 0.4) is 0 Å². The third kappa shape index (κ3) is 4.39. The van der Waals surface area contributed by atoms with Crippen molar-refractivity contribution in [3.63, 3.8) is 0 Å². The molecule has 1 aromatic heterocycles. The number of carbonyl (C=O) groups is 1. The highest BCUT2D eigenvalue weighted by molar-refractivity contribution is 6.09. The fourth-order valence-electron chi connectivity index (χ4n) is 5.05. The first-order valence-electron chi connectivity index (χ1n) is 11.8. The van der Waals surface area contributed by atoms with E-state index in [9.17, 15) is 10.2 Å². The summed E-state index contributed by atoms with van der Waals surface area (Å²) >= 11 is 0. The van der Waals surface area contributed by atoms with Crippen molar-refractivity contribution >= 4 is 17.4 Å². The molecule has 8 nitrogen and oxygen atoms in total. The molecule has 0 aliphatic carbocycles. The molecule has 8 heteroatoms. The van der Waals surface area contributed by atoms with Gasteiger partial charge in [0, 0.05) is 68.8 Å². The van der Waals surface area contributed by atoms with Gasteiger partial charge >= 0.3 is 0 Å². The summed E-state index contributed by atoms with van der Waals surface area (Å²) in [5.74, 6) is 0.557. The Hall–Kier alpha value is -3.13. The number of ether oxygens (including phenoxy) is 1. The standard InChI is InChI=1S/C25H32N6O2/c1-17(32)30-10-7-23(28-21-8-11-33-16-21)22(15-30)25(26)31-9-3-4-19-12-18(5-6-24(19)31)20-13-27-29(2)14-20/h5-6,12-14,21,26,28H,3-4,7-11,15-16H2,1-2H3. The van der Waals surface area contributed by atoms with Crippen LogP contribution in [-0.4, -0.2) is 65.3 Å². The van der Waals surface area contributed by atoms with Crippen LogP contribution >= 0.6 is 0 Å². The second-order valence-corrected chi connectivity index (χ2v) is 9.20. The summed E-state index contributed by atoms with van der Waals surface area (Å²) in [6.07, 6.45) is 7.63. The monoisotopic (exact) mass is 448 g/mol. The van der Waals surface area contributed by atoms with E-state index in [1.54, 1.807) is 6.92 Å². The predicted octanol–water partition coefficient (Wildman–Crippen LogP) is 2.70. The Morgan fingerprint density at radius 2 is 2.12 bits per heavy atom. The maximum absolute atomic E-state index is 12.1. The van der Waals surface area contributed by atoms with Gasteiger partial charge in [0.1, 0.15) is 5.84 Å². The minimum Gasteiger partial charge on any atom is -0.383 e. The number of amidine groups is 1. The first-order valence-corrected chi connectivity index (χ1v) is 11.8. The van der Waals surface area contributed by atoms with Gasteiger partial charge in [0.15, 0.2) is 0 Å². The second kappa shape index (κ2) is 9.02. The summed E-state index contributed by atoms with van der Waals surface area (Å²) in [6.45, 7) is 5.05. The maximum atomic E-state index is 12.1. The Morgan fingerprint density at radius 1 is 1.24 bits per heavy atom. The van der Waals surface area contributed by atoms with Crippen molar-refractivity contribution in [2.75, 3.05) is 37.7 Å². The van der Waals surface area contributed by atoms with Gasteiger partial charge in [0.2, 0.25) is 5.91 Å². The van der Waals surface area contributed by atoms with Gasteiger partial charge in [0.05, 0.1) is 25.4 Å². The second-order valence-electron chi connectivity index (χ2n) is 9.20. The molecule has 1 unspecified atom stereocenters. The fourth-order valence-corrected chi connectivity index (χ4v) is 5.05. The number of rotatable bonds is 4. The van der Waals surface area contributed by atoms with E-state index in [1.807, 2.05) is 29.0 Å². The molecule has 1 aromatic carbocycles. The largest absolute Gasteiger partial charge is 0.383 e. The Bertz CT molecular complexity index is 1100. The van der Waals surface area contributed by atoms with Crippen molar-refractivity contribution in [3.05, 3.63) is 47.4 Å². The molecule has 0 radical (unpaired) electrons. The molecule has 1 fully saturated rings. The van der Waals surface area contributed by atoms with Crippen molar-refractivity contribution in [2.24, 2.45) is 7.05 Å². The van der Waals surface area contributed by atoms with Crippen LogP contribution in [0.2, 0.25) is 0 Å². The Morgan fingerprint density at radius 3 is 2.85 bits per heavy atom. The average Bonchev–Trinajstić information content (AvgIpc) is 3.49. The van der Waals surface area contributed by atoms with E-state index in [2.05, 4.69) is 33.5 Å². The minimum absolute atomic E-state index is 0.0590. The summed E-state index contributed by atoms with van der Waals surface area (Å²) in [5, 5.41) is 17.2. The highest BCUT2D eigenvalue weighted by atomic mass is 16.5. The average molecular weight is 449 g/mol. The first-order chi connectivity index (χ1) is 16.0. The van der Waals surface area contributed by atoms with E-state index in [0.29, 0.717) is 25.5 Å². The molecule has 0 bridgehead atoms. The van der Waals surface area contributed by atoms with Crippen LogP contribution in [-0.2, 0) is 23.0 Å². The zero-order valence-electron chi connectivity index (χ0n) is 19.4. The van der Waals surface area contributed by atoms with E-state index < -0.39 is 0 Å². The van der Waals surface area contributed by atoms with Gasteiger partial charge < -0.3 is 19.9 Å². The van der Waals surface area contributed by atoms with E-state index in [0.717, 1.165) is 66.9 Å². The van der Waals surface area contributed by atoms with Crippen LogP contribution in [0.1, 0.15) is 31.7 Å². The number of aromatic nitrogens is 2. The van der Waals surface area contributed by atoms with Gasteiger partial charge in [-0.1, -0.05) is 6.07 Å². The van der Waals surface area contributed by atoms with Crippen LogP contribution in [0.4, 0.5) is 5.69 Å². The van der Waals surface area contributed by atoms with E-state index >= 15 is 0 Å². The number of carbonyl (C=O) groups excluding carboxylic acids is 1. The van der Waals surface area contributed by atoms with Gasteiger partial charge in [-0.25, -0.2) is 0 Å². The lowest BCUT2D eigenvalue weighted by molar-refractivity contribution is -0.128. The molecule has 1 amide bonds. The predicted molar refractivity (Wildman–Crippen MR) is 128 cm³/mol. The van der Waals surface area contributed by atoms with E-state index in [4.69, 9.17) is 4.74 Å². The summed E-state index contributed by atoms with van der Waals surface area (Å²) in [7, 11) is 1.93. The van der Waals surface area contributed by atoms with Gasteiger partial charge in [-0.3, -0.25) is 14.9 Å². The van der Waals surface area contributed by atoms with Crippen molar-refractivity contribution in [2.45, 2.75) is 38.6 Å². The zero-order valence-corrected chi connectivity index (χ0v) is 19.4. The lowest BCUT2D eigenvalue weighted by atomic mass is 9.95. The fraction of sp³-hybridized carbons (Fsp3) is 0.480. The molecule has 4 heterocycles. The molecule has 2 aromatic rings. The summed E-state index contributed by atoms with van der Waals surface area (Å²) in [5.41, 5.74) is 6.61. The number of aryl methyl sites for hydroxylation is 2. The highest BCUT2D eigenvalue weighted by Crippen LogP contribution is 2.33. The van der Waals surface area contributed by atoms with Crippen LogP contribution in [0.25, 0.3) is 11.1 Å². The summed E-state index contributed by atoms with van der Waals surface area (Å²) < 4.78 is 7.36. The van der Waals surface area contributed by atoms with E-state index in [-0.39, 0.29) is 11.9 Å². The molecule has 5 rings (SSSR count). The summed E-state index contributed by atoms with van der Waals surface area (Å²) in [4.78, 5) is 16.1. The Kier molecular flexibility index (Phi) is 5.93. The first kappa shape index (κ1) is 21.7. The lowest BCUT2D eigenvalue weighted by Crippen LogP contribution is -2.46. The topological polar surface area (TPSA) is 86.5 Å². The highest BCUT2D eigenvalue weighted by Gasteiger charge is 2.30. The van der Waals surface area contributed by atoms with Gasteiger partial charge in [-0.2, -0.15) is 5.10 Å². The van der Waals surface area contributed by atoms with Crippen LogP contribution in [0.15, 0.2) is 41.9 Å². The van der Waals surface area contributed by atoms with Crippen LogP contribution < -0.4 is 10.2 Å². The van der Waals surface area contributed by atoms with Crippen molar-refractivity contribution < 1.29 is 9.53 Å². The van der Waals surface area contributed by atoms with Gasteiger partial charge in [-0.15, -0.1) is 0 Å². The van der Waals surface area contributed by atoms with Gasteiger partial charge in [-0.05, 0) is 42.5 Å². The molecule has 0 saturated carbocycles. The number of anilines is 1. The molecule has 1 saturated heterocycles. The third-order valence-corrected chi connectivity index (χ3v) is 6.89. The van der Waals surface area contributed by atoms with Crippen molar-refractivity contribution in [1.29, 1.82) is 5.41 Å². The number of fused-ring (bicyclic) bond motifs is 1. The third-order valence-electron chi connectivity index (χ3n) is 6.89. The Labute approximate surface area is 194 Å². The summed E-state index contributed by atoms with van der Waals surface area (Å²) in [6, 6.07) is 6.77. The molecule has 0 spiro atoms. The molecule has 2 N–H and O–H groups in total. The Balaban J connectivity index is 1.45. The number of hydrogen-bond acceptors (Lipinski definition) is 5. The molecular formula is C25H32N6O2. The minimum atomic E-state index is 0.0590. The number of hydrogen-bond donors (Lipinski definition) is 2. The SMILES string of the molecule is CC(=O)N1CCC(NC2CCOC2)=C(C(=N)N2CCCc3cc(-c4cnn(C)c4)ccc32)C1.